The predicted octanol–water partition coefficient (Wildman–Crippen LogP) is 1.50. The van der Waals surface area contributed by atoms with E-state index in [9.17, 15) is 9.59 Å². The molecule has 2 saturated heterocycles. The molecule has 8 heteroatoms. The third-order valence-electron chi connectivity index (χ3n) is 7.04. The summed E-state index contributed by atoms with van der Waals surface area (Å²) in [6.45, 7) is 6.12. The first-order chi connectivity index (χ1) is 14.0. The highest BCUT2D eigenvalue weighted by Gasteiger charge is 2.55. The first kappa shape index (κ1) is 18.5. The maximum absolute atomic E-state index is 12.5. The van der Waals surface area contributed by atoms with Crippen molar-refractivity contribution in [2.75, 3.05) is 39.4 Å². The molecule has 1 saturated carbocycles. The lowest BCUT2D eigenvalue weighted by atomic mass is 9.91. The van der Waals surface area contributed by atoms with Gasteiger partial charge in [0.1, 0.15) is 0 Å². The van der Waals surface area contributed by atoms with Crippen molar-refractivity contribution in [2.45, 2.75) is 31.7 Å². The van der Waals surface area contributed by atoms with Gasteiger partial charge in [0.2, 0.25) is 0 Å². The molecule has 4 amide bonds. The Morgan fingerprint density at radius 3 is 2.76 bits per heavy atom. The van der Waals surface area contributed by atoms with Crippen LogP contribution in [0.15, 0.2) is 35.8 Å². The number of hydrogen-bond acceptors (Lipinski definition) is 4. The van der Waals surface area contributed by atoms with Gasteiger partial charge in [-0.15, -0.1) is 0 Å². The van der Waals surface area contributed by atoms with E-state index in [2.05, 4.69) is 16.0 Å². The maximum Gasteiger partial charge on any atom is 0.321 e. The van der Waals surface area contributed by atoms with Crippen LogP contribution in [0.2, 0.25) is 0 Å². The highest BCUT2D eigenvalue weighted by molar-refractivity contribution is 5.78. The minimum Gasteiger partial charge on any atom is -0.376 e. The van der Waals surface area contributed by atoms with Crippen molar-refractivity contribution in [1.82, 2.24) is 25.8 Å². The van der Waals surface area contributed by atoms with E-state index in [4.69, 9.17) is 4.74 Å². The van der Waals surface area contributed by atoms with Crippen LogP contribution in [0, 0.1) is 11.3 Å². The molecule has 8 nitrogen and oxygen atoms in total. The first-order valence-electron chi connectivity index (χ1n) is 10.5. The fraction of sp³-hybridized carbons (Fsp3) is 0.619. The van der Waals surface area contributed by atoms with E-state index >= 15 is 0 Å². The smallest absolute Gasteiger partial charge is 0.321 e. The molecule has 29 heavy (non-hydrogen) atoms. The number of hydrogen-bond donors (Lipinski definition) is 3. The molecular weight excluding hydrogens is 370 g/mol. The molecule has 1 unspecified atom stereocenters. The summed E-state index contributed by atoms with van der Waals surface area (Å²) in [6, 6.07) is -0.00596. The zero-order valence-corrected chi connectivity index (χ0v) is 16.9. The highest BCUT2D eigenvalue weighted by Crippen LogP contribution is 2.59. The zero-order chi connectivity index (χ0) is 20.1. The molecule has 0 radical (unpaired) electrons. The fourth-order valence-corrected chi connectivity index (χ4v) is 4.88. The number of urea groups is 2. The number of ether oxygens (including phenoxy) is 1. The Balaban J connectivity index is 1.06. The van der Waals surface area contributed by atoms with Crippen molar-refractivity contribution in [3.63, 3.8) is 0 Å². The van der Waals surface area contributed by atoms with Gasteiger partial charge in [0.25, 0.3) is 0 Å². The quantitative estimate of drug-likeness (QED) is 0.671. The summed E-state index contributed by atoms with van der Waals surface area (Å²) >= 11 is 0. The summed E-state index contributed by atoms with van der Waals surface area (Å²) in [5.41, 5.74) is 2.33. The number of piperidine rings is 1. The molecular formula is C21H29N5O3. The van der Waals surface area contributed by atoms with Crippen molar-refractivity contribution >= 4 is 12.1 Å². The number of nitrogens with zero attached hydrogens (tertiary/aromatic N) is 2. The molecule has 156 valence electrons. The number of dihydropyridines is 1. The van der Waals surface area contributed by atoms with E-state index in [-0.39, 0.29) is 17.6 Å². The number of carbonyl (C=O) groups excluding carboxylic acids is 2. The predicted molar refractivity (Wildman–Crippen MR) is 108 cm³/mol. The second kappa shape index (κ2) is 6.79. The Hall–Kier alpha value is -2.48. The molecule has 5 rings (SSSR count). The van der Waals surface area contributed by atoms with Gasteiger partial charge in [-0.05, 0) is 54.7 Å². The van der Waals surface area contributed by atoms with Crippen molar-refractivity contribution in [2.24, 2.45) is 11.3 Å². The van der Waals surface area contributed by atoms with E-state index in [0.717, 1.165) is 43.5 Å². The van der Waals surface area contributed by atoms with E-state index in [1.165, 1.54) is 0 Å². The Morgan fingerprint density at radius 2 is 2.07 bits per heavy atom. The molecule has 1 aliphatic carbocycles. The molecule has 0 bridgehead atoms. The monoisotopic (exact) mass is 399 g/mol. The van der Waals surface area contributed by atoms with Crippen LogP contribution in [-0.4, -0.2) is 66.8 Å². The highest BCUT2D eigenvalue weighted by atomic mass is 16.5. The lowest BCUT2D eigenvalue weighted by Crippen LogP contribution is -2.62. The van der Waals surface area contributed by atoms with Crippen LogP contribution in [-0.2, 0) is 4.74 Å². The van der Waals surface area contributed by atoms with Gasteiger partial charge in [-0.25, -0.2) is 9.59 Å². The van der Waals surface area contributed by atoms with Gasteiger partial charge in [0, 0.05) is 38.2 Å². The van der Waals surface area contributed by atoms with Crippen LogP contribution >= 0.6 is 0 Å². The van der Waals surface area contributed by atoms with E-state index < -0.39 is 0 Å². The second-order valence-electron chi connectivity index (χ2n) is 9.30. The lowest BCUT2D eigenvalue weighted by molar-refractivity contribution is -0.0596. The number of rotatable bonds is 3. The largest absolute Gasteiger partial charge is 0.376 e. The van der Waals surface area contributed by atoms with Crippen molar-refractivity contribution in [1.29, 1.82) is 0 Å². The van der Waals surface area contributed by atoms with Crippen molar-refractivity contribution < 1.29 is 14.3 Å². The van der Waals surface area contributed by atoms with Gasteiger partial charge >= 0.3 is 12.1 Å². The summed E-state index contributed by atoms with van der Waals surface area (Å²) in [4.78, 5) is 28.7. The third kappa shape index (κ3) is 3.50. The zero-order valence-electron chi connectivity index (χ0n) is 16.9. The molecule has 4 heterocycles. The molecule has 3 fully saturated rings. The SMILES string of the molecule is CC1(NC(=O)N2CCC3(CC2)CC3CNC(=O)N2C=C3C=CNC=C3C2)COC1. The summed E-state index contributed by atoms with van der Waals surface area (Å²) in [5, 5.41) is 9.27. The number of carbonyl (C=O) groups is 2. The van der Waals surface area contributed by atoms with Gasteiger partial charge in [-0.3, -0.25) is 4.90 Å². The van der Waals surface area contributed by atoms with E-state index in [1.807, 2.05) is 36.5 Å². The average molecular weight is 399 g/mol. The van der Waals surface area contributed by atoms with Gasteiger partial charge in [0.05, 0.1) is 25.3 Å². The molecule has 3 N–H and O–H groups in total. The third-order valence-corrected chi connectivity index (χ3v) is 7.04. The summed E-state index contributed by atoms with van der Waals surface area (Å²) in [5.74, 6) is 0.521. The Bertz CT molecular complexity index is 805. The van der Waals surface area contributed by atoms with E-state index in [1.54, 1.807) is 4.90 Å². The molecule has 0 aromatic heterocycles. The van der Waals surface area contributed by atoms with Crippen LogP contribution in [0.3, 0.4) is 0 Å². The van der Waals surface area contributed by atoms with Crippen LogP contribution < -0.4 is 16.0 Å². The molecule has 0 aromatic carbocycles. The van der Waals surface area contributed by atoms with Gasteiger partial charge in [-0.1, -0.05) is 0 Å². The number of likely N-dealkylation sites (tertiary alicyclic amines) is 1. The number of amides is 4. The standard InChI is InChI=1S/C21H29N5O3/c1-20(13-29-14-20)24-19(28)25-6-3-21(4-7-25)8-17(21)10-23-18(27)26-11-15-2-5-22-9-16(15)12-26/h2,5,9,11,17,22H,3-4,6-8,10,12-14H2,1H3,(H,23,27)(H,24,28). The number of nitrogens with one attached hydrogen (secondary N) is 3. The Kier molecular flexibility index (Phi) is 4.34. The van der Waals surface area contributed by atoms with Gasteiger partial charge in [0.15, 0.2) is 0 Å². The molecule has 1 spiro atoms. The van der Waals surface area contributed by atoms with E-state index in [0.29, 0.717) is 37.6 Å². The van der Waals surface area contributed by atoms with Crippen LogP contribution in [0.1, 0.15) is 26.2 Å². The topological polar surface area (TPSA) is 85.9 Å². The summed E-state index contributed by atoms with van der Waals surface area (Å²) in [6.07, 6.45) is 10.9. The Morgan fingerprint density at radius 1 is 1.28 bits per heavy atom. The summed E-state index contributed by atoms with van der Waals surface area (Å²) in [7, 11) is 0. The second-order valence-corrected chi connectivity index (χ2v) is 9.30. The lowest BCUT2D eigenvalue weighted by Gasteiger charge is -2.41. The number of allylic oxidation sites excluding steroid dienone is 1. The van der Waals surface area contributed by atoms with Crippen molar-refractivity contribution in [3.05, 3.63) is 35.8 Å². The van der Waals surface area contributed by atoms with Gasteiger partial charge in [-0.2, -0.15) is 0 Å². The summed E-state index contributed by atoms with van der Waals surface area (Å²) < 4.78 is 5.21. The molecule has 0 aromatic rings. The first-order valence-corrected chi connectivity index (χ1v) is 10.5. The minimum absolute atomic E-state index is 0.0255. The minimum atomic E-state index is -0.205. The van der Waals surface area contributed by atoms with Crippen LogP contribution in [0.4, 0.5) is 9.59 Å². The maximum atomic E-state index is 12.5. The number of fused-ring (bicyclic) bond motifs is 1. The van der Waals surface area contributed by atoms with Gasteiger partial charge < -0.3 is 25.6 Å². The molecule has 4 aliphatic heterocycles. The average Bonchev–Trinajstić information content (AvgIpc) is 3.17. The van der Waals surface area contributed by atoms with Crippen LogP contribution in [0.25, 0.3) is 0 Å². The fourth-order valence-electron chi connectivity index (χ4n) is 4.88. The Labute approximate surface area is 171 Å². The molecule has 5 aliphatic rings. The van der Waals surface area contributed by atoms with Crippen LogP contribution in [0.5, 0.6) is 0 Å². The van der Waals surface area contributed by atoms with Crippen molar-refractivity contribution in [3.8, 4) is 0 Å². The molecule has 1 atom stereocenters. The normalized spacial score (nSPS) is 28.0.